The number of nitrogens with zero attached hydrogens (tertiary/aromatic N) is 4. The first kappa shape index (κ1) is 14.1. The van der Waals surface area contributed by atoms with E-state index in [-0.39, 0.29) is 0 Å². The van der Waals surface area contributed by atoms with Gasteiger partial charge < -0.3 is 4.74 Å². The lowest BCUT2D eigenvalue weighted by atomic mass is 10.2. The molecule has 0 N–H and O–H groups in total. The zero-order valence-corrected chi connectivity index (χ0v) is 11.8. The molecule has 0 radical (unpaired) electrons. The summed E-state index contributed by atoms with van der Waals surface area (Å²) >= 11 is 0. The Labute approximate surface area is 118 Å². The third-order valence-corrected chi connectivity index (χ3v) is 3.06. The van der Waals surface area contributed by atoms with Crippen LogP contribution in [0, 0.1) is 11.3 Å². The topological polar surface area (TPSA) is 63.7 Å². The number of ether oxygens (including phenoxy) is 1. The molecule has 0 saturated heterocycles. The number of hydrogen-bond acceptors (Lipinski definition) is 4. The van der Waals surface area contributed by atoms with Crippen molar-refractivity contribution in [3.8, 4) is 11.8 Å². The second kappa shape index (κ2) is 6.71. The van der Waals surface area contributed by atoms with Crippen molar-refractivity contribution in [2.75, 3.05) is 0 Å². The quantitative estimate of drug-likeness (QED) is 0.809. The Bertz CT molecular complexity index is 613. The van der Waals surface area contributed by atoms with Gasteiger partial charge in [-0.1, -0.05) is 31.2 Å². The fraction of sp³-hybridized carbons (Fsp3) is 0.400. The fourth-order valence-electron chi connectivity index (χ4n) is 1.96. The van der Waals surface area contributed by atoms with Crippen molar-refractivity contribution in [1.82, 2.24) is 15.0 Å². The summed E-state index contributed by atoms with van der Waals surface area (Å²) in [5.41, 5.74) is 2.30. The first-order chi connectivity index (χ1) is 9.78. The molecule has 0 bridgehead atoms. The predicted molar refractivity (Wildman–Crippen MR) is 75.2 cm³/mol. The molecule has 2 aromatic rings. The maximum atomic E-state index is 9.06. The molecule has 0 aliphatic heterocycles. The molecule has 1 aromatic carbocycles. The van der Waals surface area contributed by atoms with Crippen molar-refractivity contribution < 1.29 is 4.74 Å². The van der Waals surface area contributed by atoms with Crippen LogP contribution in [0.15, 0.2) is 24.3 Å². The van der Waals surface area contributed by atoms with E-state index in [1.165, 1.54) is 5.56 Å². The summed E-state index contributed by atoms with van der Waals surface area (Å²) in [5, 5.41) is 16.9. The first-order valence-corrected chi connectivity index (χ1v) is 6.82. The highest BCUT2D eigenvalue weighted by molar-refractivity contribution is 5.29. The number of rotatable bonds is 6. The minimum atomic E-state index is 0.309. The van der Waals surface area contributed by atoms with Crippen molar-refractivity contribution >= 4 is 0 Å². The van der Waals surface area contributed by atoms with E-state index in [0.29, 0.717) is 12.3 Å². The lowest BCUT2D eigenvalue weighted by Gasteiger charge is -2.09. The van der Waals surface area contributed by atoms with Gasteiger partial charge in [0.1, 0.15) is 24.1 Å². The standard InChI is InChI=1S/C15H18N4O/c1-3-8-19-15(14(10-16)17-18-19)11-20-13-7-5-6-12(4-2)9-13/h5-7,9H,3-4,8,11H2,1-2H3. The Morgan fingerprint density at radius 3 is 2.90 bits per heavy atom. The Morgan fingerprint density at radius 1 is 1.35 bits per heavy atom. The van der Waals surface area contributed by atoms with Gasteiger partial charge in [0.15, 0.2) is 5.69 Å². The van der Waals surface area contributed by atoms with E-state index in [2.05, 4.69) is 36.3 Å². The van der Waals surface area contributed by atoms with Gasteiger partial charge in [0.05, 0.1) is 0 Å². The van der Waals surface area contributed by atoms with Crippen LogP contribution in [0.3, 0.4) is 0 Å². The van der Waals surface area contributed by atoms with Crippen LogP contribution in [0.4, 0.5) is 0 Å². The highest BCUT2D eigenvalue weighted by Crippen LogP contribution is 2.16. The maximum absolute atomic E-state index is 9.06. The lowest BCUT2D eigenvalue weighted by molar-refractivity contribution is 0.290. The molecule has 1 heterocycles. The second-order valence-electron chi connectivity index (χ2n) is 4.51. The van der Waals surface area contributed by atoms with Gasteiger partial charge in [-0.25, -0.2) is 4.68 Å². The van der Waals surface area contributed by atoms with Gasteiger partial charge in [-0.15, -0.1) is 5.10 Å². The summed E-state index contributed by atoms with van der Waals surface area (Å²) < 4.78 is 7.51. The van der Waals surface area contributed by atoms with Crippen molar-refractivity contribution in [2.45, 2.75) is 39.8 Å². The van der Waals surface area contributed by atoms with Crippen LogP contribution in [0.5, 0.6) is 5.75 Å². The van der Waals surface area contributed by atoms with Crippen LogP contribution < -0.4 is 4.74 Å². The second-order valence-corrected chi connectivity index (χ2v) is 4.51. The molecule has 0 aliphatic rings. The van der Waals surface area contributed by atoms with E-state index >= 15 is 0 Å². The van der Waals surface area contributed by atoms with Crippen molar-refractivity contribution in [3.63, 3.8) is 0 Å². The summed E-state index contributed by atoms with van der Waals surface area (Å²) in [6.45, 7) is 5.21. The van der Waals surface area contributed by atoms with Gasteiger partial charge in [0, 0.05) is 6.54 Å². The number of benzene rings is 1. The zero-order chi connectivity index (χ0) is 14.4. The molecule has 2 rings (SSSR count). The molecule has 0 atom stereocenters. The Morgan fingerprint density at radius 2 is 2.20 bits per heavy atom. The van der Waals surface area contributed by atoms with Gasteiger partial charge in [-0.2, -0.15) is 5.26 Å². The third kappa shape index (κ3) is 3.15. The van der Waals surface area contributed by atoms with E-state index in [4.69, 9.17) is 10.00 Å². The fourth-order valence-corrected chi connectivity index (χ4v) is 1.96. The van der Waals surface area contributed by atoms with Gasteiger partial charge in [-0.05, 0) is 30.5 Å². The van der Waals surface area contributed by atoms with Gasteiger partial charge in [0.2, 0.25) is 0 Å². The minimum absolute atomic E-state index is 0.309. The Hall–Kier alpha value is -2.35. The van der Waals surface area contributed by atoms with Crippen molar-refractivity contribution in [2.24, 2.45) is 0 Å². The van der Waals surface area contributed by atoms with Gasteiger partial charge >= 0.3 is 0 Å². The Balaban J connectivity index is 2.13. The first-order valence-electron chi connectivity index (χ1n) is 6.82. The normalized spacial score (nSPS) is 10.2. The number of aromatic nitrogens is 3. The molecule has 0 unspecified atom stereocenters. The van der Waals surface area contributed by atoms with Crippen LogP contribution in [-0.4, -0.2) is 15.0 Å². The molecule has 20 heavy (non-hydrogen) atoms. The monoisotopic (exact) mass is 270 g/mol. The van der Waals surface area contributed by atoms with E-state index < -0.39 is 0 Å². The van der Waals surface area contributed by atoms with E-state index in [1.54, 1.807) is 4.68 Å². The van der Waals surface area contributed by atoms with E-state index in [1.807, 2.05) is 18.2 Å². The molecule has 0 amide bonds. The maximum Gasteiger partial charge on any atom is 0.189 e. The van der Waals surface area contributed by atoms with Crippen molar-refractivity contribution in [3.05, 3.63) is 41.2 Å². The molecule has 104 valence electrons. The van der Waals surface area contributed by atoms with Crippen LogP contribution >= 0.6 is 0 Å². The molecule has 5 heteroatoms. The van der Waals surface area contributed by atoms with E-state index in [0.717, 1.165) is 30.8 Å². The molecule has 0 fully saturated rings. The smallest absolute Gasteiger partial charge is 0.189 e. The van der Waals surface area contributed by atoms with Crippen LogP contribution in [0.1, 0.15) is 37.2 Å². The minimum Gasteiger partial charge on any atom is -0.487 e. The summed E-state index contributed by atoms with van der Waals surface area (Å²) in [6.07, 6.45) is 1.91. The number of nitriles is 1. The van der Waals surface area contributed by atoms with Crippen LogP contribution in [-0.2, 0) is 19.6 Å². The average Bonchev–Trinajstić information content (AvgIpc) is 2.88. The molecule has 0 aliphatic carbocycles. The Kier molecular flexibility index (Phi) is 4.72. The molecule has 0 spiro atoms. The van der Waals surface area contributed by atoms with Crippen molar-refractivity contribution in [1.29, 1.82) is 5.26 Å². The molecular formula is C15H18N4O. The van der Waals surface area contributed by atoms with Crippen LogP contribution in [0.25, 0.3) is 0 Å². The highest BCUT2D eigenvalue weighted by Gasteiger charge is 2.12. The summed E-state index contributed by atoms with van der Waals surface area (Å²) in [5.74, 6) is 0.803. The van der Waals surface area contributed by atoms with E-state index in [9.17, 15) is 0 Å². The summed E-state index contributed by atoms with van der Waals surface area (Å²) in [4.78, 5) is 0. The predicted octanol–water partition coefficient (Wildman–Crippen LogP) is 2.70. The third-order valence-electron chi connectivity index (χ3n) is 3.06. The van der Waals surface area contributed by atoms with Gasteiger partial charge in [-0.3, -0.25) is 0 Å². The largest absolute Gasteiger partial charge is 0.487 e. The number of hydrogen-bond donors (Lipinski definition) is 0. The van der Waals surface area contributed by atoms with Crippen LogP contribution in [0.2, 0.25) is 0 Å². The van der Waals surface area contributed by atoms with Gasteiger partial charge in [0.25, 0.3) is 0 Å². The zero-order valence-electron chi connectivity index (χ0n) is 11.8. The molecule has 0 saturated carbocycles. The number of aryl methyl sites for hydroxylation is 2. The molecule has 1 aromatic heterocycles. The highest BCUT2D eigenvalue weighted by atomic mass is 16.5. The summed E-state index contributed by atoms with van der Waals surface area (Å²) in [7, 11) is 0. The average molecular weight is 270 g/mol. The summed E-state index contributed by atoms with van der Waals surface area (Å²) in [6, 6.07) is 10.0. The lowest BCUT2D eigenvalue weighted by Crippen LogP contribution is -2.08. The molecule has 5 nitrogen and oxygen atoms in total. The molecular weight excluding hydrogens is 252 g/mol. The SMILES string of the molecule is CCCn1nnc(C#N)c1COc1cccc(CC)c1.